The molecule has 1 aliphatic heterocycles. The number of hydrogen-bond donors (Lipinski definition) is 1. The molecule has 0 aromatic heterocycles. The SMILES string of the molecule is CCC(CC#N)N1CCC(C(C)N)CC1. The third kappa shape index (κ3) is 3.48. The Balaban J connectivity index is 2.39. The van der Waals surface area contributed by atoms with Gasteiger partial charge in [-0.1, -0.05) is 6.92 Å². The molecule has 1 fully saturated rings. The smallest absolute Gasteiger partial charge is 0.0638 e. The second kappa shape index (κ2) is 6.09. The lowest BCUT2D eigenvalue weighted by Crippen LogP contribution is -2.44. The van der Waals surface area contributed by atoms with Gasteiger partial charge in [-0.15, -0.1) is 0 Å². The number of nitrogens with two attached hydrogens (primary N) is 1. The van der Waals surface area contributed by atoms with E-state index in [9.17, 15) is 0 Å². The highest BCUT2D eigenvalue weighted by molar-refractivity contribution is 4.86. The van der Waals surface area contributed by atoms with Gasteiger partial charge in [-0.3, -0.25) is 4.90 Å². The van der Waals surface area contributed by atoms with Gasteiger partial charge < -0.3 is 5.73 Å². The second-order valence-electron chi connectivity index (χ2n) is 4.66. The van der Waals surface area contributed by atoms with Gasteiger partial charge in [0.2, 0.25) is 0 Å². The number of hydrogen-bond acceptors (Lipinski definition) is 3. The third-order valence-corrected chi connectivity index (χ3v) is 3.63. The van der Waals surface area contributed by atoms with E-state index in [0.29, 0.717) is 24.4 Å². The Hall–Kier alpha value is -0.590. The maximum Gasteiger partial charge on any atom is 0.0638 e. The highest BCUT2D eigenvalue weighted by atomic mass is 15.2. The molecule has 2 unspecified atom stereocenters. The van der Waals surface area contributed by atoms with Crippen LogP contribution in [0.2, 0.25) is 0 Å². The van der Waals surface area contributed by atoms with Crippen LogP contribution in [0.25, 0.3) is 0 Å². The number of piperidine rings is 1. The van der Waals surface area contributed by atoms with Gasteiger partial charge in [0.1, 0.15) is 0 Å². The summed E-state index contributed by atoms with van der Waals surface area (Å²) in [5.74, 6) is 0.681. The van der Waals surface area contributed by atoms with E-state index < -0.39 is 0 Å². The lowest BCUT2D eigenvalue weighted by Gasteiger charge is -2.37. The van der Waals surface area contributed by atoms with Crippen LogP contribution in [0.3, 0.4) is 0 Å². The topological polar surface area (TPSA) is 53.0 Å². The van der Waals surface area contributed by atoms with Gasteiger partial charge in [0.15, 0.2) is 0 Å². The first-order valence-corrected chi connectivity index (χ1v) is 6.05. The predicted molar refractivity (Wildman–Crippen MR) is 62.3 cm³/mol. The Labute approximate surface area is 93.2 Å². The first-order chi connectivity index (χ1) is 7.19. The minimum absolute atomic E-state index is 0.322. The van der Waals surface area contributed by atoms with Crippen LogP contribution >= 0.6 is 0 Å². The standard InChI is InChI=1S/C12H23N3/c1-3-12(4-7-13)15-8-5-11(6-9-15)10(2)14/h10-12H,3-6,8-9,14H2,1-2H3. The predicted octanol–water partition coefficient (Wildman–Crippen LogP) is 1.74. The third-order valence-electron chi connectivity index (χ3n) is 3.63. The molecule has 1 saturated heterocycles. The summed E-state index contributed by atoms with van der Waals surface area (Å²) < 4.78 is 0. The molecule has 1 heterocycles. The van der Waals surface area contributed by atoms with Crippen molar-refractivity contribution in [1.29, 1.82) is 5.26 Å². The maximum atomic E-state index is 8.74. The zero-order valence-electron chi connectivity index (χ0n) is 9.95. The molecule has 0 aliphatic carbocycles. The normalized spacial score (nSPS) is 23.3. The van der Waals surface area contributed by atoms with Gasteiger partial charge in [-0.05, 0) is 45.2 Å². The van der Waals surface area contributed by atoms with Crippen LogP contribution in [0.1, 0.15) is 39.5 Å². The fourth-order valence-corrected chi connectivity index (χ4v) is 2.45. The first-order valence-electron chi connectivity index (χ1n) is 6.05. The average molecular weight is 209 g/mol. The van der Waals surface area contributed by atoms with Gasteiger partial charge >= 0.3 is 0 Å². The summed E-state index contributed by atoms with van der Waals surface area (Å²) in [5, 5.41) is 8.74. The lowest BCUT2D eigenvalue weighted by atomic mass is 9.90. The molecule has 0 aromatic carbocycles. The number of likely N-dealkylation sites (tertiary alicyclic amines) is 1. The Morgan fingerprint density at radius 1 is 1.47 bits per heavy atom. The van der Waals surface area contributed by atoms with Crippen molar-refractivity contribution in [2.24, 2.45) is 11.7 Å². The van der Waals surface area contributed by atoms with Crippen molar-refractivity contribution in [2.45, 2.75) is 51.6 Å². The number of nitrogens with zero attached hydrogens (tertiary/aromatic N) is 2. The van der Waals surface area contributed by atoms with Gasteiger partial charge in [0.25, 0.3) is 0 Å². The molecular formula is C12H23N3. The van der Waals surface area contributed by atoms with Crippen molar-refractivity contribution in [3.63, 3.8) is 0 Å². The summed E-state index contributed by atoms with van der Waals surface area (Å²) >= 11 is 0. The van der Waals surface area contributed by atoms with Crippen molar-refractivity contribution in [3.8, 4) is 6.07 Å². The lowest BCUT2D eigenvalue weighted by molar-refractivity contribution is 0.123. The zero-order chi connectivity index (χ0) is 11.3. The van der Waals surface area contributed by atoms with E-state index in [1.165, 1.54) is 12.8 Å². The molecule has 15 heavy (non-hydrogen) atoms. The van der Waals surface area contributed by atoms with E-state index in [0.717, 1.165) is 19.5 Å². The Morgan fingerprint density at radius 3 is 2.47 bits per heavy atom. The van der Waals surface area contributed by atoms with Gasteiger partial charge in [-0.25, -0.2) is 0 Å². The van der Waals surface area contributed by atoms with Crippen LogP contribution in [0, 0.1) is 17.2 Å². The fourth-order valence-electron chi connectivity index (χ4n) is 2.45. The summed E-state index contributed by atoms with van der Waals surface area (Å²) in [4.78, 5) is 2.46. The van der Waals surface area contributed by atoms with Crippen LogP contribution in [0.5, 0.6) is 0 Å². The van der Waals surface area contributed by atoms with Crippen molar-refractivity contribution in [2.75, 3.05) is 13.1 Å². The summed E-state index contributed by atoms with van der Waals surface area (Å²) in [7, 11) is 0. The molecule has 3 nitrogen and oxygen atoms in total. The first kappa shape index (κ1) is 12.5. The molecular weight excluding hydrogens is 186 g/mol. The average Bonchev–Trinajstić information content (AvgIpc) is 2.26. The molecule has 2 atom stereocenters. The van der Waals surface area contributed by atoms with Crippen molar-refractivity contribution in [3.05, 3.63) is 0 Å². The molecule has 0 amide bonds. The van der Waals surface area contributed by atoms with E-state index >= 15 is 0 Å². The fraction of sp³-hybridized carbons (Fsp3) is 0.917. The van der Waals surface area contributed by atoms with Crippen molar-refractivity contribution >= 4 is 0 Å². The molecule has 86 valence electrons. The van der Waals surface area contributed by atoms with E-state index in [4.69, 9.17) is 11.0 Å². The number of nitriles is 1. The minimum atomic E-state index is 0.322. The minimum Gasteiger partial charge on any atom is -0.328 e. The van der Waals surface area contributed by atoms with E-state index in [1.807, 2.05) is 0 Å². The summed E-state index contributed by atoms with van der Waals surface area (Å²) in [5.41, 5.74) is 5.91. The zero-order valence-corrected chi connectivity index (χ0v) is 9.95. The Bertz CT molecular complexity index is 211. The molecule has 0 spiro atoms. The monoisotopic (exact) mass is 209 g/mol. The molecule has 3 heteroatoms. The van der Waals surface area contributed by atoms with Crippen LogP contribution in [0.15, 0.2) is 0 Å². The highest BCUT2D eigenvalue weighted by Gasteiger charge is 2.25. The molecule has 0 aromatic rings. The van der Waals surface area contributed by atoms with Crippen molar-refractivity contribution in [1.82, 2.24) is 4.90 Å². The molecule has 0 saturated carbocycles. The molecule has 2 N–H and O–H groups in total. The van der Waals surface area contributed by atoms with Crippen LogP contribution < -0.4 is 5.73 Å². The summed E-state index contributed by atoms with van der Waals surface area (Å²) in [6.45, 7) is 6.51. The molecule has 1 rings (SSSR count). The number of rotatable bonds is 4. The van der Waals surface area contributed by atoms with E-state index in [-0.39, 0.29) is 0 Å². The van der Waals surface area contributed by atoms with E-state index in [2.05, 4.69) is 24.8 Å². The molecule has 0 bridgehead atoms. The second-order valence-corrected chi connectivity index (χ2v) is 4.66. The van der Waals surface area contributed by atoms with Gasteiger partial charge in [0.05, 0.1) is 12.5 Å². The molecule has 0 radical (unpaired) electrons. The Kier molecular flexibility index (Phi) is 5.07. The molecule has 1 aliphatic rings. The van der Waals surface area contributed by atoms with Gasteiger partial charge in [0, 0.05) is 12.1 Å². The quantitative estimate of drug-likeness (QED) is 0.767. The largest absolute Gasteiger partial charge is 0.328 e. The van der Waals surface area contributed by atoms with Gasteiger partial charge in [-0.2, -0.15) is 5.26 Å². The maximum absolute atomic E-state index is 8.74. The van der Waals surface area contributed by atoms with E-state index in [1.54, 1.807) is 0 Å². The Morgan fingerprint density at radius 2 is 2.07 bits per heavy atom. The summed E-state index contributed by atoms with van der Waals surface area (Å²) in [6, 6.07) is 3.07. The van der Waals surface area contributed by atoms with Crippen LogP contribution in [-0.4, -0.2) is 30.1 Å². The summed E-state index contributed by atoms with van der Waals surface area (Å²) in [6.07, 6.45) is 4.13. The van der Waals surface area contributed by atoms with Crippen LogP contribution in [-0.2, 0) is 0 Å². The van der Waals surface area contributed by atoms with Crippen LogP contribution in [0.4, 0.5) is 0 Å². The highest BCUT2D eigenvalue weighted by Crippen LogP contribution is 2.22. The van der Waals surface area contributed by atoms with Crippen molar-refractivity contribution < 1.29 is 0 Å².